The Morgan fingerprint density at radius 1 is 1.12 bits per heavy atom. The Balaban J connectivity index is 1.89. The number of H-pyrrole nitrogens is 2. The Morgan fingerprint density at radius 3 is 2.76 bits per heavy atom. The molecule has 0 bridgehead atoms. The molecular weight excluding hydrogens is 216 g/mol. The van der Waals surface area contributed by atoms with Gasteiger partial charge in [0.05, 0.1) is 36.0 Å². The third-order valence-electron chi connectivity index (χ3n) is 2.62. The van der Waals surface area contributed by atoms with Gasteiger partial charge in [-0.2, -0.15) is 0 Å². The number of aromatic amines is 2. The molecule has 0 amide bonds. The Kier molecular flexibility index (Phi) is 2.38. The molecule has 0 unspecified atom stereocenters. The Morgan fingerprint density at radius 2 is 2.00 bits per heavy atom. The Hall–Kier alpha value is -2.14. The molecule has 3 aromatic rings. The molecule has 0 aliphatic carbocycles. The zero-order valence-electron chi connectivity index (χ0n) is 9.14. The summed E-state index contributed by atoms with van der Waals surface area (Å²) in [4.78, 5) is 14.9. The molecule has 0 spiro atoms. The van der Waals surface area contributed by atoms with Crippen LogP contribution in [0.2, 0.25) is 0 Å². The first kappa shape index (κ1) is 10.0. The van der Waals surface area contributed by atoms with E-state index in [0.717, 1.165) is 28.4 Å². The molecular formula is C12H12N4O. The third-order valence-corrected chi connectivity index (χ3v) is 2.62. The van der Waals surface area contributed by atoms with E-state index in [4.69, 9.17) is 5.11 Å². The molecule has 0 atom stereocenters. The monoisotopic (exact) mass is 228 g/mol. The van der Waals surface area contributed by atoms with Crippen LogP contribution >= 0.6 is 0 Å². The average molecular weight is 228 g/mol. The maximum atomic E-state index is 8.94. The summed E-state index contributed by atoms with van der Waals surface area (Å²) in [7, 11) is 0. The molecule has 3 N–H and O–H groups in total. The van der Waals surface area contributed by atoms with Gasteiger partial charge in [-0.1, -0.05) is 12.1 Å². The van der Waals surface area contributed by atoms with Gasteiger partial charge in [0.2, 0.25) is 0 Å². The van der Waals surface area contributed by atoms with Gasteiger partial charge in [0.15, 0.2) is 0 Å². The lowest BCUT2D eigenvalue weighted by molar-refractivity contribution is 0.277. The van der Waals surface area contributed by atoms with E-state index in [1.54, 1.807) is 6.20 Å². The smallest absolute Gasteiger partial charge is 0.114 e. The fraction of sp³-hybridized carbons (Fsp3) is 0.167. The van der Waals surface area contributed by atoms with Crippen LogP contribution < -0.4 is 0 Å². The minimum atomic E-state index is -0.0207. The van der Waals surface area contributed by atoms with Crippen molar-refractivity contribution in [2.24, 2.45) is 0 Å². The van der Waals surface area contributed by atoms with Crippen molar-refractivity contribution in [1.29, 1.82) is 0 Å². The highest BCUT2D eigenvalue weighted by molar-refractivity contribution is 5.74. The van der Waals surface area contributed by atoms with Gasteiger partial charge in [0.1, 0.15) is 11.6 Å². The maximum Gasteiger partial charge on any atom is 0.114 e. The maximum absolute atomic E-state index is 8.94. The first-order chi connectivity index (χ1) is 8.35. The zero-order chi connectivity index (χ0) is 11.7. The van der Waals surface area contributed by atoms with Crippen LogP contribution in [0.25, 0.3) is 11.0 Å². The van der Waals surface area contributed by atoms with Crippen molar-refractivity contribution in [2.75, 3.05) is 0 Å². The molecule has 0 radical (unpaired) electrons. The van der Waals surface area contributed by atoms with Crippen molar-refractivity contribution in [3.8, 4) is 0 Å². The highest BCUT2D eigenvalue weighted by Gasteiger charge is 2.05. The molecule has 0 aliphatic rings. The lowest BCUT2D eigenvalue weighted by Crippen LogP contribution is -1.93. The normalized spacial score (nSPS) is 11.1. The molecule has 86 valence electrons. The van der Waals surface area contributed by atoms with Crippen LogP contribution in [0.1, 0.15) is 17.3 Å². The summed E-state index contributed by atoms with van der Waals surface area (Å²) in [5.74, 6) is 1.66. The molecule has 2 heterocycles. The van der Waals surface area contributed by atoms with Gasteiger partial charge in [0, 0.05) is 0 Å². The van der Waals surface area contributed by atoms with Crippen molar-refractivity contribution in [2.45, 2.75) is 13.0 Å². The minimum absolute atomic E-state index is 0.0207. The third kappa shape index (κ3) is 1.92. The van der Waals surface area contributed by atoms with Crippen LogP contribution in [0.5, 0.6) is 0 Å². The molecule has 5 heteroatoms. The second-order valence-corrected chi connectivity index (χ2v) is 3.89. The number of aromatic nitrogens is 4. The number of rotatable bonds is 3. The zero-order valence-corrected chi connectivity index (χ0v) is 9.14. The van der Waals surface area contributed by atoms with Crippen molar-refractivity contribution in [3.63, 3.8) is 0 Å². The Bertz CT molecular complexity index is 608. The SMILES string of the molecule is OCc1cnc(Cc2nc3ccccc3[nH]2)[nH]1. The topological polar surface area (TPSA) is 77.6 Å². The van der Waals surface area contributed by atoms with Crippen molar-refractivity contribution in [3.05, 3.63) is 47.8 Å². The van der Waals surface area contributed by atoms with E-state index in [9.17, 15) is 0 Å². The summed E-state index contributed by atoms with van der Waals surface area (Å²) in [6, 6.07) is 7.90. The summed E-state index contributed by atoms with van der Waals surface area (Å²) in [5, 5.41) is 8.94. The van der Waals surface area contributed by atoms with Crippen LogP contribution in [0.4, 0.5) is 0 Å². The van der Waals surface area contributed by atoms with Gasteiger partial charge in [-0.25, -0.2) is 9.97 Å². The number of nitrogens with one attached hydrogen (secondary N) is 2. The fourth-order valence-corrected chi connectivity index (χ4v) is 1.82. The van der Waals surface area contributed by atoms with E-state index in [0.29, 0.717) is 6.42 Å². The summed E-state index contributed by atoms with van der Waals surface area (Å²) >= 11 is 0. The molecule has 0 saturated carbocycles. The van der Waals surface area contributed by atoms with Crippen molar-refractivity contribution < 1.29 is 5.11 Å². The lowest BCUT2D eigenvalue weighted by atomic mass is 10.3. The first-order valence-corrected chi connectivity index (χ1v) is 5.42. The predicted molar refractivity (Wildman–Crippen MR) is 63.4 cm³/mol. The van der Waals surface area contributed by atoms with Crippen molar-refractivity contribution >= 4 is 11.0 Å². The van der Waals surface area contributed by atoms with Gasteiger partial charge in [-0.15, -0.1) is 0 Å². The van der Waals surface area contributed by atoms with Crippen LogP contribution in [0.15, 0.2) is 30.5 Å². The summed E-state index contributed by atoms with van der Waals surface area (Å²) in [5.41, 5.74) is 2.70. The number of hydrogen-bond acceptors (Lipinski definition) is 3. The molecule has 0 fully saturated rings. The number of imidazole rings is 2. The van der Waals surface area contributed by atoms with Crippen LogP contribution in [-0.4, -0.2) is 25.0 Å². The number of aliphatic hydroxyl groups is 1. The molecule has 0 aliphatic heterocycles. The van der Waals surface area contributed by atoms with E-state index < -0.39 is 0 Å². The highest BCUT2D eigenvalue weighted by Crippen LogP contribution is 2.12. The van der Waals surface area contributed by atoms with E-state index in [-0.39, 0.29) is 6.61 Å². The largest absolute Gasteiger partial charge is 0.390 e. The number of para-hydroxylation sites is 2. The number of hydrogen-bond donors (Lipinski definition) is 3. The van der Waals surface area contributed by atoms with Crippen LogP contribution in [-0.2, 0) is 13.0 Å². The van der Waals surface area contributed by atoms with E-state index in [2.05, 4.69) is 19.9 Å². The van der Waals surface area contributed by atoms with Gasteiger partial charge >= 0.3 is 0 Å². The number of nitrogens with zero attached hydrogens (tertiary/aromatic N) is 2. The summed E-state index contributed by atoms with van der Waals surface area (Å²) < 4.78 is 0. The van der Waals surface area contributed by atoms with Gasteiger partial charge in [-0.3, -0.25) is 0 Å². The van der Waals surface area contributed by atoms with Gasteiger partial charge in [-0.05, 0) is 12.1 Å². The fourth-order valence-electron chi connectivity index (χ4n) is 1.82. The van der Waals surface area contributed by atoms with Gasteiger partial charge in [0.25, 0.3) is 0 Å². The van der Waals surface area contributed by atoms with Crippen LogP contribution in [0.3, 0.4) is 0 Å². The number of fused-ring (bicyclic) bond motifs is 1. The second kappa shape index (κ2) is 4.03. The van der Waals surface area contributed by atoms with Crippen LogP contribution in [0, 0.1) is 0 Å². The van der Waals surface area contributed by atoms with E-state index >= 15 is 0 Å². The number of aliphatic hydroxyl groups excluding tert-OH is 1. The molecule has 17 heavy (non-hydrogen) atoms. The molecule has 0 saturated heterocycles. The molecule has 1 aromatic carbocycles. The molecule has 5 nitrogen and oxygen atoms in total. The minimum Gasteiger partial charge on any atom is -0.390 e. The van der Waals surface area contributed by atoms with Gasteiger partial charge < -0.3 is 15.1 Å². The summed E-state index contributed by atoms with van der Waals surface area (Å²) in [6.45, 7) is -0.0207. The van der Waals surface area contributed by atoms with E-state index in [1.165, 1.54) is 0 Å². The average Bonchev–Trinajstić information content (AvgIpc) is 2.94. The quantitative estimate of drug-likeness (QED) is 0.633. The molecule has 3 rings (SSSR count). The van der Waals surface area contributed by atoms with E-state index in [1.807, 2.05) is 24.3 Å². The predicted octanol–water partition coefficient (Wildman–Crippen LogP) is 1.37. The Labute approximate surface area is 97.6 Å². The summed E-state index contributed by atoms with van der Waals surface area (Å²) in [6.07, 6.45) is 2.24. The first-order valence-electron chi connectivity index (χ1n) is 5.42. The van der Waals surface area contributed by atoms with Crippen molar-refractivity contribution in [1.82, 2.24) is 19.9 Å². The number of benzene rings is 1. The molecule has 2 aromatic heterocycles. The highest BCUT2D eigenvalue weighted by atomic mass is 16.3. The lowest BCUT2D eigenvalue weighted by Gasteiger charge is -1.91. The second-order valence-electron chi connectivity index (χ2n) is 3.89. The standard InChI is InChI=1S/C12H12N4O/c17-7-8-6-13-11(14-8)5-12-15-9-3-1-2-4-10(9)16-12/h1-4,6,17H,5,7H2,(H,13,14)(H,15,16).